The highest BCUT2D eigenvalue weighted by Gasteiger charge is 2.28. The molecule has 1 amide bonds. The van der Waals surface area contributed by atoms with Crippen molar-refractivity contribution in [3.05, 3.63) is 76.0 Å². The van der Waals surface area contributed by atoms with Crippen molar-refractivity contribution in [3.8, 4) is 11.3 Å². The maximum absolute atomic E-state index is 13.8. The molecule has 4 aromatic rings. The summed E-state index contributed by atoms with van der Waals surface area (Å²) in [6.07, 6.45) is 4.86. The fourth-order valence-corrected chi connectivity index (χ4v) is 3.57. The smallest absolute Gasteiger partial charge is 0.408 e. The van der Waals surface area contributed by atoms with Crippen molar-refractivity contribution >= 4 is 22.8 Å². The summed E-state index contributed by atoms with van der Waals surface area (Å²) in [6, 6.07) is 6.89. The summed E-state index contributed by atoms with van der Waals surface area (Å²) in [5.74, 6) is -2.91. The number of nitrogens with one attached hydrogen (secondary N) is 1. The average Bonchev–Trinajstić information content (AvgIpc) is 3.55. The van der Waals surface area contributed by atoms with Gasteiger partial charge in [0.25, 0.3) is 5.91 Å². The van der Waals surface area contributed by atoms with Crippen LogP contribution >= 0.6 is 0 Å². The van der Waals surface area contributed by atoms with Crippen LogP contribution in [-0.2, 0) is 7.05 Å². The minimum atomic E-state index is -0.963. The van der Waals surface area contributed by atoms with E-state index in [4.69, 9.17) is 4.42 Å². The number of benzene rings is 2. The number of carbonyl (C=O) groups is 1. The molecule has 0 unspecified atom stereocenters. The van der Waals surface area contributed by atoms with E-state index in [0.29, 0.717) is 22.7 Å². The molecule has 1 aliphatic carbocycles. The Morgan fingerprint density at radius 2 is 1.90 bits per heavy atom. The van der Waals surface area contributed by atoms with Gasteiger partial charge in [-0.05, 0) is 48.6 Å². The predicted octanol–water partition coefficient (Wildman–Crippen LogP) is 4.00. The summed E-state index contributed by atoms with van der Waals surface area (Å²) in [4.78, 5) is 32.7. The van der Waals surface area contributed by atoms with Crippen molar-refractivity contribution in [2.45, 2.75) is 18.8 Å². The lowest BCUT2D eigenvalue weighted by molar-refractivity contribution is 0.101. The van der Waals surface area contributed by atoms with E-state index in [1.807, 2.05) is 12.1 Å². The number of amides is 1. The lowest BCUT2D eigenvalue weighted by atomic mass is 10.00. The minimum Gasteiger partial charge on any atom is -0.408 e. The molecular weight excluding hydrogens is 406 g/mol. The van der Waals surface area contributed by atoms with Crippen LogP contribution < -0.4 is 11.1 Å². The summed E-state index contributed by atoms with van der Waals surface area (Å²) in [6.45, 7) is 0. The molecule has 2 aromatic carbocycles. The van der Waals surface area contributed by atoms with E-state index >= 15 is 0 Å². The highest BCUT2D eigenvalue weighted by molar-refractivity contribution is 6.04. The van der Waals surface area contributed by atoms with Crippen LogP contribution in [0.3, 0.4) is 0 Å². The van der Waals surface area contributed by atoms with Crippen LogP contribution in [0.5, 0.6) is 0 Å². The van der Waals surface area contributed by atoms with Crippen molar-refractivity contribution in [2.24, 2.45) is 7.05 Å². The van der Waals surface area contributed by atoms with E-state index in [2.05, 4.69) is 15.3 Å². The number of nitrogens with zero attached hydrogens (tertiary/aromatic N) is 3. The van der Waals surface area contributed by atoms with Crippen molar-refractivity contribution in [1.29, 1.82) is 0 Å². The third kappa shape index (κ3) is 3.37. The highest BCUT2D eigenvalue weighted by Crippen LogP contribution is 2.45. The molecule has 0 aliphatic heterocycles. The van der Waals surface area contributed by atoms with Gasteiger partial charge in [0.05, 0.1) is 23.6 Å². The Bertz CT molecular complexity index is 1370. The Kier molecular flexibility index (Phi) is 4.39. The van der Waals surface area contributed by atoms with E-state index in [0.717, 1.165) is 36.1 Å². The van der Waals surface area contributed by atoms with Gasteiger partial charge in [-0.3, -0.25) is 14.3 Å². The van der Waals surface area contributed by atoms with Crippen LogP contribution in [0.15, 0.2) is 51.9 Å². The molecule has 7 nitrogen and oxygen atoms in total. The van der Waals surface area contributed by atoms with Gasteiger partial charge in [-0.1, -0.05) is 6.07 Å². The van der Waals surface area contributed by atoms with E-state index in [1.54, 1.807) is 7.05 Å². The van der Waals surface area contributed by atoms with Crippen molar-refractivity contribution in [3.63, 3.8) is 0 Å². The molecule has 31 heavy (non-hydrogen) atoms. The molecule has 9 heteroatoms. The number of hydrogen-bond donors (Lipinski definition) is 1. The number of hydrogen-bond acceptors (Lipinski definition) is 5. The molecule has 1 aliphatic rings. The number of aromatic nitrogens is 3. The third-order valence-electron chi connectivity index (χ3n) is 5.34. The zero-order valence-electron chi connectivity index (χ0n) is 16.4. The van der Waals surface area contributed by atoms with Gasteiger partial charge < -0.3 is 9.73 Å². The second-order valence-electron chi connectivity index (χ2n) is 7.45. The summed E-state index contributed by atoms with van der Waals surface area (Å²) in [5.41, 5.74) is 2.85. The third-order valence-corrected chi connectivity index (χ3v) is 5.34. The molecule has 0 spiro atoms. The van der Waals surface area contributed by atoms with Gasteiger partial charge in [-0.25, -0.2) is 18.6 Å². The van der Waals surface area contributed by atoms with Crippen molar-refractivity contribution in [2.75, 3.05) is 5.32 Å². The number of carbonyl (C=O) groups excluding carboxylic acids is 1. The number of rotatable bonds is 4. The predicted molar refractivity (Wildman–Crippen MR) is 109 cm³/mol. The Morgan fingerprint density at radius 3 is 2.55 bits per heavy atom. The van der Waals surface area contributed by atoms with Gasteiger partial charge in [0.15, 0.2) is 11.4 Å². The molecular formula is C22H16F2N4O3. The van der Waals surface area contributed by atoms with Gasteiger partial charge in [0.2, 0.25) is 0 Å². The Balaban J connectivity index is 1.48. The maximum Gasteiger partial charge on any atom is 0.419 e. The summed E-state index contributed by atoms with van der Waals surface area (Å²) in [7, 11) is 1.63. The lowest BCUT2D eigenvalue weighted by Crippen LogP contribution is -2.16. The summed E-state index contributed by atoms with van der Waals surface area (Å²) in [5, 5.41) is 2.36. The van der Waals surface area contributed by atoms with E-state index in [1.165, 1.54) is 23.0 Å². The number of aryl methyl sites for hydroxylation is 1. The van der Waals surface area contributed by atoms with Gasteiger partial charge in [0.1, 0.15) is 17.2 Å². The van der Waals surface area contributed by atoms with Crippen LogP contribution in [0.1, 0.15) is 34.7 Å². The zero-order chi connectivity index (χ0) is 21.7. The molecule has 0 bridgehead atoms. The molecule has 1 N–H and O–H groups in total. The van der Waals surface area contributed by atoms with Crippen LogP contribution in [-0.4, -0.2) is 20.4 Å². The molecule has 0 radical (unpaired) electrons. The normalized spacial score (nSPS) is 13.5. The topological polar surface area (TPSA) is 90.0 Å². The first-order valence-electron chi connectivity index (χ1n) is 9.63. The minimum absolute atomic E-state index is 0.0566. The SMILES string of the molecule is Cn1c(=O)oc2cc(C3CC3)c(-c3cnc(NC(=O)c4c(F)cccc4F)cn3)cc21. The van der Waals surface area contributed by atoms with Crippen molar-refractivity contribution in [1.82, 2.24) is 14.5 Å². The van der Waals surface area contributed by atoms with Gasteiger partial charge in [-0.2, -0.15) is 0 Å². The first-order valence-corrected chi connectivity index (χ1v) is 9.63. The molecule has 0 atom stereocenters. The number of anilines is 1. The summed E-state index contributed by atoms with van der Waals surface area (Å²) >= 11 is 0. The molecule has 5 rings (SSSR count). The fourth-order valence-electron chi connectivity index (χ4n) is 3.57. The molecule has 2 aromatic heterocycles. The molecule has 0 saturated heterocycles. The monoisotopic (exact) mass is 422 g/mol. The maximum atomic E-state index is 13.8. The fraction of sp³-hybridized carbons (Fsp3) is 0.182. The van der Waals surface area contributed by atoms with Crippen LogP contribution in [0, 0.1) is 11.6 Å². The van der Waals surface area contributed by atoms with Gasteiger partial charge in [0, 0.05) is 12.6 Å². The molecule has 1 fully saturated rings. The van der Waals surface area contributed by atoms with E-state index < -0.39 is 28.9 Å². The highest BCUT2D eigenvalue weighted by atomic mass is 19.1. The molecule has 2 heterocycles. The Labute approximate surface area is 174 Å². The largest absolute Gasteiger partial charge is 0.419 e. The zero-order valence-corrected chi connectivity index (χ0v) is 16.4. The second-order valence-corrected chi connectivity index (χ2v) is 7.45. The van der Waals surface area contributed by atoms with Gasteiger partial charge >= 0.3 is 5.76 Å². The quantitative estimate of drug-likeness (QED) is 0.537. The standard InChI is InChI=1S/C22H16F2N4O3/c1-28-17-7-13(12(11-5-6-11)8-18(17)31-22(28)30)16-9-26-19(10-25-16)27-21(29)20-14(23)3-2-4-15(20)24/h2-4,7-11H,5-6H2,1H3,(H,26,27,29). The Hall–Kier alpha value is -3.88. The first kappa shape index (κ1) is 19.1. The van der Waals surface area contributed by atoms with Crippen LogP contribution in [0.25, 0.3) is 22.4 Å². The van der Waals surface area contributed by atoms with Crippen molar-refractivity contribution < 1.29 is 18.0 Å². The van der Waals surface area contributed by atoms with Crippen LogP contribution in [0.4, 0.5) is 14.6 Å². The second kappa shape index (κ2) is 7.12. The average molecular weight is 422 g/mol. The lowest BCUT2D eigenvalue weighted by Gasteiger charge is -2.10. The van der Waals surface area contributed by atoms with Gasteiger partial charge in [-0.15, -0.1) is 0 Å². The first-order chi connectivity index (χ1) is 14.9. The molecule has 1 saturated carbocycles. The Morgan fingerprint density at radius 1 is 1.16 bits per heavy atom. The van der Waals surface area contributed by atoms with E-state index in [9.17, 15) is 18.4 Å². The number of fused-ring (bicyclic) bond motifs is 1. The number of halogens is 2. The molecule has 156 valence electrons. The summed E-state index contributed by atoms with van der Waals surface area (Å²) < 4.78 is 34.3. The number of oxazole rings is 1. The van der Waals surface area contributed by atoms with E-state index in [-0.39, 0.29) is 5.82 Å². The van der Waals surface area contributed by atoms with Crippen LogP contribution in [0.2, 0.25) is 0 Å².